The number of carbonyl (C=O) groups is 1. The minimum absolute atomic E-state index is 0.0201. The van der Waals surface area contributed by atoms with Gasteiger partial charge in [-0.15, -0.1) is 0 Å². The molecule has 1 aromatic heterocycles. The molecule has 0 radical (unpaired) electrons. The molecule has 1 rings (SSSR count). The third kappa shape index (κ3) is 4.61. The van der Waals surface area contributed by atoms with Gasteiger partial charge in [-0.2, -0.15) is 15.0 Å². The number of rotatable bonds is 4. The van der Waals surface area contributed by atoms with Crippen LogP contribution in [0.4, 0.5) is 10.7 Å². The lowest BCUT2D eigenvalue weighted by Crippen LogP contribution is -2.19. The lowest BCUT2D eigenvalue weighted by atomic mass is 10.7. The fraction of sp³-hybridized carbons (Fsp3) is 0.333. The van der Waals surface area contributed by atoms with Crippen LogP contribution >= 0.6 is 23.2 Å². The third-order valence-corrected chi connectivity index (χ3v) is 1.55. The number of hydrogen-bond donors (Lipinski definition) is 2. The van der Waals surface area contributed by atoms with Crippen molar-refractivity contribution in [1.82, 2.24) is 15.0 Å². The van der Waals surface area contributed by atoms with Gasteiger partial charge in [-0.3, -0.25) is 0 Å². The Balaban J connectivity index is 2.40. The van der Waals surface area contributed by atoms with Gasteiger partial charge in [-0.25, -0.2) is 4.79 Å². The monoisotopic (exact) mass is 251 g/mol. The van der Waals surface area contributed by atoms with Crippen LogP contribution in [0.2, 0.25) is 10.6 Å². The molecule has 0 spiro atoms. The molecule has 0 fully saturated rings. The molecule has 7 nitrogen and oxygen atoms in total. The van der Waals surface area contributed by atoms with Gasteiger partial charge >= 0.3 is 6.09 Å². The highest BCUT2D eigenvalue weighted by Gasteiger charge is 2.02. The number of hydrogen-bond acceptors (Lipinski definition) is 6. The zero-order chi connectivity index (χ0) is 11.3. The maximum atomic E-state index is 10.2. The summed E-state index contributed by atoms with van der Waals surface area (Å²) in [4.78, 5) is 21.2. The lowest BCUT2D eigenvalue weighted by Gasteiger charge is -2.04. The highest BCUT2D eigenvalue weighted by Crippen LogP contribution is 2.08. The summed E-state index contributed by atoms with van der Waals surface area (Å²) in [6, 6.07) is 0. The third-order valence-electron chi connectivity index (χ3n) is 1.21. The largest absolute Gasteiger partial charge is 0.448 e. The Hall–Kier alpha value is -1.34. The molecule has 1 aromatic rings. The van der Waals surface area contributed by atoms with Crippen molar-refractivity contribution < 1.29 is 9.53 Å². The van der Waals surface area contributed by atoms with E-state index in [9.17, 15) is 4.79 Å². The highest BCUT2D eigenvalue weighted by atomic mass is 35.5. The minimum Gasteiger partial charge on any atom is -0.448 e. The number of halogens is 2. The number of ether oxygens (including phenoxy) is 1. The van der Waals surface area contributed by atoms with E-state index in [4.69, 9.17) is 28.9 Å². The van der Waals surface area contributed by atoms with Crippen LogP contribution in [0, 0.1) is 0 Å². The topological polar surface area (TPSA) is 103 Å². The number of nitrogens with one attached hydrogen (secondary N) is 1. The fourth-order valence-electron chi connectivity index (χ4n) is 0.719. The molecule has 82 valence electrons. The molecule has 0 unspecified atom stereocenters. The number of nitrogens with two attached hydrogens (primary N) is 1. The van der Waals surface area contributed by atoms with Crippen LogP contribution in [0.3, 0.4) is 0 Å². The van der Waals surface area contributed by atoms with E-state index in [1.54, 1.807) is 0 Å². The van der Waals surface area contributed by atoms with Gasteiger partial charge in [0.05, 0.1) is 6.54 Å². The first kappa shape index (κ1) is 11.7. The van der Waals surface area contributed by atoms with Crippen molar-refractivity contribution in [2.45, 2.75) is 0 Å². The molecule has 0 aliphatic carbocycles. The van der Waals surface area contributed by atoms with Crippen molar-refractivity contribution in [3.63, 3.8) is 0 Å². The van der Waals surface area contributed by atoms with Crippen LogP contribution in [-0.4, -0.2) is 34.2 Å². The van der Waals surface area contributed by atoms with E-state index in [0.29, 0.717) is 6.54 Å². The SMILES string of the molecule is NC(=O)OCCNc1nc(Cl)nc(Cl)n1. The molecule has 1 amide bonds. The number of anilines is 1. The first-order valence-corrected chi connectivity index (χ1v) is 4.56. The van der Waals surface area contributed by atoms with Crippen molar-refractivity contribution in [2.24, 2.45) is 5.73 Å². The number of aromatic nitrogens is 3. The van der Waals surface area contributed by atoms with Gasteiger partial charge in [0, 0.05) is 0 Å². The van der Waals surface area contributed by atoms with Crippen LogP contribution < -0.4 is 11.1 Å². The molecule has 0 aliphatic rings. The zero-order valence-corrected chi connectivity index (χ0v) is 8.92. The second kappa shape index (κ2) is 5.52. The summed E-state index contributed by atoms with van der Waals surface area (Å²) in [6.07, 6.45) is -0.844. The van der Waals surface area contributed by atoms with E-state index in [0.717, 1.165) is 0 Å². The molecule has 0 aliphatic heterocycles. The van der Waals surface area contributed by atoms with Crippen molar-refractivity contribution >= 4 is 35.2 Å². The predicted octanol–water partition coefficient (Wildman–Crippen LogP) is 0.686. The Morgan fingerprint density at radius 2 is 1.93 bits per heavy atom. The standard InChI is InChI=1S/C6H7Cl2N5O2/c7-3-11-4(8)13-6(12-3)10-1-2-15-5(9)14/h1-2H2,(H2,9,14)(H,10,11,12,13). The molecule has 1 heterocycles. The van der Waals surface area contributed by atoms with Crippen LogP contribution in [-0.2, 0) is 4.74 Å². The first-order valence-electron chi connectivity index (χ1n) is 3.81. The maximum absolute atomic E-state index is 10.2. The van der Waals surface area contributed by atoms with Gasteiger partial charge in [0.1, 0.15) is 6.61 Å². The first-order chi connectivity index (χ1) is 7.08. The molecule has 0 saturated heterocycles. The molecule has 0 saturated carbocycles. The van der Waals surface area contributed by atoms with Gasteiger partial charge in [0.2, 0.25) is 16.5 Å². The van der Waals surface area contributed by atoms with Gasteiger partial charge in [0.15, 0.2) is 0 Å². The number of carbonyl (C=O) groups excluding carboxylic acids is 1. The zero-order valence-electron chi connectivity index (χ0n) is 7.41. The normalized spacial score (nSPS) is 9.73. The van der Waals surface area contributed by atoms with Gasteiger partial charge in [-0.05, 0) is 23.2 Å². The summed E-state index contributed by atoms with van der Waals surface area (Å²) in [5.74, 6) is 0.202. The second-order valence-electron chi connectivity index (χ2n) is 2.29. The molecule has 9 heteroatoms. The van der Waals surface area contributed by atoms with Crippen LogP contribution in [0.15, 0.2) is 0 Å². The summed E-state index contributed by atoms with van der Waals surface area (Å²) < 4.78 is 4.46. The van der Waals surface area contributed by atoms with E-state index in [1.807, 2.05) is 0 Å². The quantitative estimate of drug-likeness (QED) is 0.764. The summed E-state index contributed by atoms with van der Waals surface area (Å²) >= 11 is 11.0. The lowest BCUT2D eigenvalue weighted by molar-refractivity contribution is 0.161. The van der Waals surface area contributed by atoms with Crippen LogP contribution in [0.5, 0.6) is 0 Å². The molecule has 0 aromatic carbocycles. The Bertz CT molecular complexity index is 341. The van der Waals surface area contributed by atoms with Crippen molar-refractivity contribution in [2.75, 3.05) is 18.5 Å². The van der Waals surface area contributed by atoms with Gasteiger partial charge in [-0.1, -0.05) is 0 Å². The van der Waals surface area contributed by atoms with E-state index in [-0.39, 0.29) is 23.1 Å². The van der Waals surface area contributed by atoms with E-state index >= 15 is 0 Å². The summed E-state index contributed by atoms with van der Waals surface area (Å²) in [7, 11) is 0. The summed E-state index contributed by atoms with van der Waals surface area (Å²) in [5, 5.41) is 2.68. The molecule has 15 heavy (non-hydrogen) atoms. The fourth-order valence-corrected chi connectivity index (χ4v) is 1.08. The Labute approximate surface area is 95.0 Å². The van der Waals surface area contributed by atoms with Crippen LogP contribution in [0.1, 0.15) is 0 Å². The molecule has 0 bridgehead atoms. The molecule has 3 N–H and O–H groups in total. The second-order valence-corrected chi connectivity index (χ2v) is 2.97. The number of nitrogens with zero attached hydrogens (tertiary/aromatic N) is 3. The summed E-state index contributed by atoms with van der Waals surface area (Å²) in [6.45, 7) is 0.385. The van der Waals surface area contributed by atoms with Crippen molar-refractivity contribution in [3.05, 3.63) is 10.6 Å². The van der Waals surface area contributed by atoms with Crippen molar-refractivity contribution in [3.8, 4) is 0 Å². The van der Waals surface area contributed by atoms with E-state index in [1.165, 1.54) is 0 Å². The van der Waals surface area contributed by atoms with Gasteiger partial charge < -0.3 is 15.8 Å². The minimum atomic E-state index is -0.844. The van der Waals surface area contributed by atoms with Crippen molar-refractivity contribution in [1.29, 1.82) is 0 Å². The average Bonchev–Trinajstić information content (AvgIpc) is 2.10. The predicted molar refractivity (Wildman–Crippen MR) is 53.9 cm³/mol. The summed E-state index contributed by atoms with van der Waals surface area (Å²) in [5.41, 5.74) is 4.75. The van der Waals surface area contributed by atoms with Crippen LogP contribution in [0.25, 0.3) is 0 Å². The van der Waals surface area contributed by atoms with E-state index < -0.39 is 6.09 Å². The molecule has 0 atom stereocenters. The highest BCUT2D eigenvalue weighted by molar-refractivity contribution is 6.31. The molecular formula is C6H7Cl2N5O2. The van der Waals surface area contributed by atoms with E-state index in [2.05, 4.69) is 25.0 Å². The Morgan fingerprint density at radius 1 is 1.33 bits per heavy atom. The molecular weight excluding hydrogens is 245 g/mol. The Kier molecular flexibility index (Phi) is 4.32. The Morgan fingerprint density at radius 3 is 2.47 bits per heavy atom. The number of primary amides is 1. The van der Waals surface area contributed by atoms with Gasteiger partial charge in [0.25, 0.3) is 0 Å². The maximum Gasteiger partial charge on any atom is 0.404 e. The number of amides is 1. The average molecular weight is 252 g/mol. The smallest absolute Gasteiger partial charge is 0.404 e.